The maximum absolute atomic E-state index is 12.6. The Morgan fingerprint density at radius 3 is 2.16 bits per heavy atom. The number of anilines is 2. The minimum atomic E-state index is -0.0634. The molecule has 4 rings (SSSR count). The van der Waals surface area contributed by atoms with E-state index in [1.807, 2.05) is 4.90 Å². The molecule has 2 saturated heterocycles. The second-order valence-electron chi connectivity index (χ2n) is 7.76. The van der Waals surface area contributed by atoms with E-state index in [1.165, 1.54) is 0 Å². The molecule has 166 valence electrons. The van der Waals surface area contributed by atoms with Crippen LogP contribution in [-0.4, -0.2) is 91.7 Å². The third-order valence-electron chi connectivity index (χ3n) is 5.67. The zero-order valence-corrected chi connectivity index (χ0v) is 19.0. The topological polar surface area (TPSA) is 65.0 Å². The Morgan fingerprint density at radius 1 is 0.935 bits per heavy atom. The number of benzene rings is 1. The molecule has 1 amide bonds. The molecule has 0 N–H and O–H groups in total. The summed E-state index contributed by atoms with van der Waals surface area (Å²) in [6, 6.07) is 7.00. The van der Waals surface area contributed by atoms with Crippen molar-refractivity contribution < 1.29 is 9.53 Å². The lowest BCUT2D eigenvalue weighted by Crippen LogP contribution is -2.50. The Balaban J connectivity index is 1.29. The molecule has 31 heavy (non-hydrogen) atoms. The summed E-state index contributed by atoms with van der Waals surface area (Å²) in [7, 11) is 2.14. The lowest BCUT2D eigenvalue weighted by Gasteiger charge is -2.36. The molecule has 1 aromatic carbocycles. The fraction of sp³-hybridized carbons (Fsp3) is 0.476. The smallest absolute Gasteiger partial charge is 0.260 e. The van der Waals surface area contributed by atoms with E-state index in [1.54, 1.807) is 24.5 Å². The number of likely N-dealkylation sites (N-methyl/N-ethyl adjacent to an activating group) is 1. The van der Waals surface area contributed by atoms with Crippen LogP contribution < -0.4 is 14.5 Å². The summed E-state index contributed by atoms with van der Waals surface area (Å²) in [5, 5.41) is 0.922. The van der Waals surface area contributed by atoms with Crippen LogP contribution in [0, 0.1) is 0 Å². The number of nitrogens with zero attached hydrogens (tertiary/aromatic N) is 6. The maximum atomic E-state index is 12.6. The first kappa shape index (κ1) is 21.9. The monoisotopic (exact) mass is 464 g/mol. The number of piperazine rings is 2. The summed E-state index contributed by atoms with van der Waals surface area (Å²) in [6.07, 6.45) is 1.63. The van der Waals surface area contributed by atoms with Gasteiger partial charge in [0, 0.05) is 63.4 Å². The number of rotatable bonds is 5. The van der Waals surface area contributed by atoms with Gasteiger partial charge >= 0.3 is 0 Å². The van der Waals surface area contributed by atoms with E-state index in [2.05, 4.69) is 37.8 Å². The predicted molar refractivity (Wildman–Crippen MR) is 122 cm³/mol. The number of ether oxygens (including phenoxy) is 1. The van der Waals surface area contributed by atoms with Gasteiger partial charge in [-0.2, -0.15) is 0 Å². The van der Waals surface area contributed by atoms with Crippen molar-refractivity contribution in [2.24, 2.45) is 0 Å². The molecule has 1 aromatic heterocycles. The highest BCUT2D eigenvalue weighted by Crippen LogP contribution is 2.27. The Kier molecular flexibility index (Phi) is 6.99. The van der Waals surface area contributed by atoms with Gasteiger partial charge < -0.3 is 24.3 Å². The fourth-order valence-corrected chi connectivity index (χ4v) is 4.19. The molecule has 8 nitrogen and oxygen atoms in total. The Bertz CT molecular complexity index is 914. The van der Waals surface area contributed by atoms with E-state index >= 15 is 0 Å². The van der Waals surface area contributed by atoms with Crippen LogP contribution in [0.2, 0.25) is 10.0 Å². The van der Waals surface area contributed by atoms with Crippen molar-refractivity contribution >= 4 is 40.7 Å². The van der Waals surface area contributed by atoms with Gasteiger partial charge in [-0.15, -0.1) is 0 Å². The number of aromatic nitrogens is 2. The lowest BCUT2D eigenvalue weighted by molar-refractivity contribution is -0.133. The SMILES string of the molecule is CN1CCN(c2cc(N3CCN(C(=O)COc4ccc(Cl)cc4Cl)CC3)ncn2)CC1. The Labute approximate surface area is 192 Å². The van der Waals surface area contributed by atoms with Gasteiger partial charge in [-0.3, -0.25) is 4.79 Å². The molecule has 0 saturated carbocycles. The zero-order valence-electron chi connectivity index (χ0n) is 17.5. The van der Waals surface area contributed by atoms with Gasteiger partial charge in [0.15, 0.2) is 6.61 Å². The highest BCUT2D eigenvalue weighted by Gasteiger charge is 2.23. The number of hydrogen-bond donors (Lipinski definition) is 0. The molecule has 0 aliphatic carbocycles. The van der Waals surface area contributed by atoms with Crippen molar-refractivity contribution in [3.05, 3.63) is 40.6 Å². The zero-order chi connectivity index (χ0) is 21.8. The molecular formula is C21H26Cl2N6O2. The van der Waals surface area contributed by atoms with Gasteiger partial charge in [-0.05, 0) is 25.2 Å². The number of carbonyl (C=O) groups excluding carboxylic acids is 1. The summed E-state index contributed by atoms with van der Waals surface area (Å²) in [5.74, 6) is 2.26. The molecule has 0 bridgehead atoms. The van der Waals surface area contributed by atoms with Crippen LogP contribution in [0.5, 0.6) is 5.75 Å². The van der Waals surface area contributed by atoms with Crippen molar-refractivity contribution in [1.29, 1.82) is 0 Å². The van der Waals surface area contributed by atoms with Crippen LogP contribution in [0.4, 0.5) is 11.6 Å². The molecule has 2 aromatic rings. The first-order valence-corrected chi connectivity index (χ1v) is 11.1. The van der Waals surface area contributed by atoms with E-state index in [4.69, 9.17) is 27.9 Å². The molecule has 2 aliphatic heterocycles. The number of halogens is 2. The molecule has 2 fully saturated rings. The number of carbonyl (C=O) groups is 1. The van der Waals surface area contributed by atoms with Crippen LogP contribution in [0.25, 0.3) is 0 Å². The molecule has 10 heteroatoms. The summed E-state index contributed by atoms with van der Waals surface area (Å²) in [6.45, 7) is 6.60. The van der Waals surface area contributed by atoms with Gasteiger partial charge in [0.1, 0.15) is 23.7 Å². The third-order valence-corrected chi connectivity index (χ3v) is 6.20. The molecule has 2 aliphatic rings. The van der Waals surface area contributed by atoms with Gasteiger partial charge in [0.05, 0.1) is 5.02 Å². The maximum Gasteiger partial charge on any atom is 0.260 e. The van der Waals surface area contributed by atoms with Crippen molar-refractivity contribution in [2.75, 3.05) is 75.8 Å². The standard InChI is InChI=1S/C21H26Cl2N6O2/c1-26-4-6-27(7-5-26)19-13-20(25-15-24-19)28-8-10-29(11-9-28)21(30)14-31-18-3-2-16(22)12-17(18)23/h2-3,12-13,15H,4-11,14H2,1H3. The quantitative estimate of drug-likeness (QED) is 0.671. The summed E-state index contributed by atoms with van der Waals surface area (Å²) >= 11 is 12.0. The third kappa shape index (κ3) is 5.50. The Hall–Kier alpha value is -2.29. The summed E-state index contributed by atoms with van der Waals surface area (Å²) < 4.78 is 5.58. The summed E-state index contributed by atoms with van der Waals surface area (Å²) in [5.41, 5.74) is 0. The molecular weight excluding hydrogens is 439 g/mol. The normalized spacial score (nSPS) is 17.7. The molecule has 0 spiro atoms. The van der Waals surface area contributed by atoms with E-state index in [9.17, 15) is 4.79 Å². The van der Waals surface area contributed by atoms with Gasteiger partial charge in [-0.25, -0.2) is 9.97 Å². The lowest BCUT2D eigenvalue weighted by atomic mass is 10.3. The highest BCUT2D eigenvalue weighted by atomic mass is 35.5. The van der Waals surface area contributed by atoms with E-state index in [0.29, 0.717) is 42.0 Å². The van der Waals surface area contributed by atoms with Crippen molar-refractivity contribution in [3.8, 4) is 5.75 Å². The first-order chi connectivity index (χ1) is 15.0. The van der Waals surface area contributed by atoms with Gasteiger partial charge in [-0.1, -0.05) is 23.2 Å². The minimum Gasteiger partial charge on any atom is -0.482 e. The largest absolute Gasteiger partial charge is 0.482 e. The van der Waals surface area contributed by atoms with Crippen molar-refractivity contribution in [1.82, 2.24) is 19.8 Å². The predicted octanol–water partition coefficient (Wildman–Crippen LogP) is 2.26. The van der Waals surface area contributed by atoms with Crippen LogP contribution in [0.1, 0.15) is 0 Å². The molecule has 3 heterocycles. The number of amides is 1. The van der Waals surface area contributed by atoms with Crippen LogP contribution in [-0.2, 0) is 4.79 Å². The van der Waals surface area contributed by atoms with Crippen LogP contribution >= 0.6 is 23.2 Å². The van der Waals surface area contributed by atoms with Crippen LogP contribution in [0.15, 0.2) is 30.6 Å². The van der Waals surface area contributed by atoms with Crippen molar-refractivity contribution in [3.63, 3.8) is 0 Å². The average molecular weight is 465 g/mol. The second kappa shape index (κ2) is 9.89. The Morgan fingerprint density at radius 2 is 1.55 bits per heavy atom. The fourth-order valence-electron chi connectivity index (χ4n) is 3.73. The minimum absolute atomic E-state index is 0.0532. The molecule has 0 unspecified atom stereocenters. The van der Waals surface area contributed by atoms with Crippen LogP contribution in [0.3, 0.4) is 0 Å². The van der Waals surface area contributed by atoms with E-state index in [-0.39, 0.29) is 12.5 Å². The first-order valence-electron chi connectivity index (χ1n) is 10.4. The van der Waals surface area contributed by atoms with E-state index < -0.39 is 0 Å². The average Bonchev–Trinajstić information content (AvgIpc) is 2.79. The highest BCUT2D eigenvalue weighted by molar-refractivity contribution is 6.35. The van der Waals surface area contributed by atoms with E-state index in [0.717, 1.165) is 37.8 Å². The van der Waals surface area contributed by atoms with Gasteiger partial charge in [0.2, 0.25) is 0 Å². The van der Waals surface area contributed by atoms with Crippen molar-refractivity contribution in [2.45, 2.75) is 0 Å². The molecule has 0 radical (unpaired) electrons. The van der Waals surface area contributed by atoms with Gasteiger partial charge in [0.25, 0.3) is 5.91 Å². The molecule has 0 atom stereocenters. The summed E-state index contributed by atoms with van der Waals surface area (Å²) in [4.78, 5) is 30.1. The second-order valence-corrected chi connectivity index (χ2v) is 8.60. The number of hydrogen-bond acceptors (Lipinski definition) is 7.